The predicted octanol–water partition coefficient (Wildman–Crippen LogP) is 5.44. The molecule has 110 valence electrons. The van der Waals surface area contributed by atoms with Gasteiger partial charge in [0.25, 0.3) is 0 Å². The molecular formula is C10H38Ir2N2-4. The van der Waals surface area contributed by atoms with E-state index in [1.807, 2.05) is 27.7 Å². The molecule has 0 unspecified atom stereocenters. The van der Waals surface area contributed by atoms with Crippen molar-refractivity contribution in [2.75, 3.05) is 0 Å². The maximum atomic E-state index is 2.00. The van der Waals surface area contributed by atoms with Gasteiger partial charge in [0.1, 0.15) is 0 Å². The summed E-state index contributed by atoms with van der Waals surface area (Å²) in [5.41, 5.74) is 0. The predicted molar refractivity (Wildman–Crippen MR) is 71.9 cm³/mol. The first kappa shape index (κ1) is 297. The van der Waals surface area contributed by atoms with E-state index in [9.17, 15) is 0 Å². The molecule has 2 radical (unpaired) electrons. The van der Waals surface area contributed by atoms with Crippen molar-refractivity contribution in [3.8, 4) is 0 Å². The van der Waals surface area contributed by atoms with Crippen LogP contribution in [0.3, 0.4) is 0 Å². The van der Waals surface area contributed by atoms with Crippen LogP contribution in [0.1, 0.15) is 42.5 Å². The number of hydrogen-bond acceptors (Lipinski definition) is 2. The van der Waals surface area contributed by atoms with Crippen LogP contribution >= 0.6 is 0 Å². The topological polar surface area (TPSA) is 70.0 Å². The van der Waals surface area contributed by atoms with Crippen LogP contribution in [-0.2, 0) is 40.2 Å². The Morgan fingerprint density at radius 1 is 0.429 bits per heavy atom. The third kappa shape index (κ3) is 1330. The number of rotatable bonds is 0. The van der Waals surface area contributed by atoms with Gasteiger partial charge in [-0.05, 0) is 0 Å². The van der Waals surface area contributed by atoms with Gasteiger partial charge in [-0.3, -0.25) is 0 Å². The van der Waals surface area contributed by atoms with Crippen molar-refractivity contribution in [2.24, 2.45) is 0 Å². The maximum Gasteiger partial charge on any atom is 0 e. The van der Waals surface area contributed by atoms with Gasteiger partial charge in [-0.15, -0.1) is 0 Å². The molecule has 0 aromatic rings. The van der Waals surface area contributed by atoms with Gasteiger partial charge >= 0.3 is 0 Å². The summed E-state index contributed by atoms with van der Waals surface area (Å²) in [4.78, 5) is 0. The molecule has 0 atom stereocenters. The van der Waals surface area contributed by atoms with Crippen molar-refractivity contribution >= 4 is 0 Å². The second-order valence-corrected chi connectivity index (χ2v) is 0. The van der Waals surface area contributed by atoms with Crippen LogP contribution in [0, 0.1) is 29.7 Å². The molecule has 0 aromatic heterocycles. The fourth-order valence-electron chi connectivity index (χ4n) is 0. The summed E-state index contributed by atoms with van der Waals surface area (Å²) in [7, 11) is 0. The van der Waals surface area contributed by atoms with Crippen LogP contribution in [0.4, 0.5) is 0 Å². The Morgan fingerprint density at radius 3 is 0.429 bits per heavy atom. The molecule has 0 aliphatic rings. The third-order valence-corrected chi connectivity index (χ3v) is 0. The van der Waals surface area contributed by atoms with Crippen molar-refractivity contribution in [3.05, 3.63) is 29.7 Å². The average molecular weight is 571 g/mol. The van der Waals surface area contributed by atoms with Crippen LogP contribution in [-0.4, -0.2) is 0 Å². The van der Waals surface area contributed by atoms with Crippen LogP contribution < -0.4 is 12.3 Å². The van der Waals surface area contributed by atoms with Gasteiger partial charge < -0.3 is 42.0 Å². The SMILES string of the molecule is C.C.CC.CC.N.N.[CH3-].[CH3-].[CH3-].[CH3-].[Ir].[Ir]. The van der Waals surface area contributed by atoms with E-state index in [-0.39, 0.29) is 97.1 Å². The van der Waals surface area contributed by atoms with Gasteiger partial charge in [-0.1, -0.05) is 42.5 Å². The van der Waals surface area contributed by atoms with Gasteiger partial charge in [0.2, 0.25) is 0 Å². The standard InChI is InChI=1S/2C2H6.2CH4.4CH3.2Ir.2H3N/c2*1-2;;;;;;;;;;/h2*1-2H3;2*1H4;4*1H3;;;2*1H3/q;;;;4*-1;;;;. The fourth-order valence-corrected chi connectivity index (χ4v) is 0. The van der Waals surface area contributed by atoms with Crippen molar-refractivity contribution in [3.63, 3.8) is 0 Å². The van der Waals surface area contributed by atoms with E-state index < -0.39 is 0 Å². The van der Waals surface area contributed by atoms with Crippen molar-refractivity contribution < 1.29 is 40.2 Å². The summed E-state index contributed by atoms with van der Waals surface area (Å²) in [5, 5.41) is 0. The van der Waals surface area contributed by atoms with Crippen LogP contribution in [0.2, 0.25) is 0 Å². The van der Waals surface area contributed by atoms with Crippen LogP contribution in [0.5, 0.6) is 0 Å². The molecule has 0 saturated heterocycles. The first-order valence-electron chi connectivity index (χ1n) is 2.00. The zero-order valence-electron chi connectivity index (χ0n) is 10.1. The Hall–Kier alpha value is 1.22. The molecule has 14 heavy (non-hydrogen) atoms. The van der Waals surface area contributed by atoms with E-state index in [0.717, 1.165) is 0 Å². The summed E-state index contributed by atoms with van der Waals surface area (Å²) in [5.74, 6) is 0. The molecular weight excluding hydrogens is 533 g/mol. The summed E-state index contributed by atoms with van der Waals surface area (Å²) in [6.45, 7) is 8.00. The molecule has 0 aromatic carbocycles. The van der Waals surface area contributed by atoms with Crippen molar-refractivity contribution in [1.29, 1.82) is 0 Å². The molecule has 0 heterocycles. The smallest absolute Gasteiger partial charge is 0 e. The quantitative estimate of drug-likeness (QED) is 0.381. The maximum absolute atomic E-state index is 2.00. The van der Waals surface area contributed by atoms with Crippen LogP contribution in [0.15, 0.2) is 0 Å². The van der Waals surface area contributed by atoms with E-state index in [1.54, 1.807) is 0 Å². The van der Waals surface area contributed by atoms with Crippen molar-refractivity contribution in [2.45, 2.75) is 42.5 Å². The first-order valence-corrected chi connectivity index (χ1v) is 2.00. The second kappa shape index (κ2) is 1670. The monoisotopic (exact) mass is 572 g/mol. The zero-order chi connectivity index (χ0) is 4.00. The van der Waals surface area contributed by atoms with E-state index >= 15 is 0 Å². The molecule has 6 N–H and O–H groups in total. The number of hydrogen-bond donors (Lipinski definition) is 2. The summed E-state index contributed by atoms with van der Waals surface area (Å²) in [6.07, 6.45) is 0. The molecule has 0 saturated carbocycles. The Balaban J connectivity index is -0.000000000333. The van der Waals surface area contributed by atoms with Gasteiger partial charge in [0, 0.05) is 40.2 Å². The summed E-state index contributed by atoms with van der Waals surface area (Å²) >= 11 is 0. The van der Waals surface area contributed by atoms with Gasteiger partial charge in [0.05, 0.1) is 0 Å². The normalized spacial score (nSPS) is 0.857. The van der Waals surface area contributed by atoms with E-state index in [0.29, 0.717) is 0 Å². The minimum Gasteiger partial charge on any atom is -0.358 e. The van der Waals surface area contributed by atoms with Gasteiger partial charge in [-0.25, -0.2) is 0 Å². The Kier molecular flexibility index (Phi) is 35500. The average Bonchev–Trinajstić information content (AvgIpc) is 1.50. The third-order valence-electron chi connectivity index (χ3n) is 0. The minimum absolute atomic E-state index is 0. The second-order valence-electron chi connectivity index (χ2n) is 0. The van der Waals surface area contributed by atoms with E-state index in [1.165, 1.54) is 0 Å². The molecule has 2 nitrogen and oxygen atoms in total. The molecule has 0 aliphatic carbocycles. The van der Waals surface area contributed by atoms with Crippen LogP contribution in [0.25, 0.3) is 0 Å². The van der Waals surface area contributed by atoms with Crippen molar-refractivity contribution in [1.82, 2.24) is 12.3 Å². The summed E-state index contributed by atoms with van der Waals surface area (Å²) < 4.78 is 0. The molecule has 0 amide bonds. The summed E-state index contributed by atoms with van der Waals surface area (Å²) in [6, 6.07) is 0. The molecule has 0 rings (SSSR count). The Morgan fingerprint density at radius 2 is 0.429 bits per heavy atom. The largest absolute Gasteiger partial charge is 0.358 e. The molecule has 0 fully saturated rings. The molecule has 0 aliphatic heterocycles. The minimum atomic E-state index is 0. The first-order chi connectivity index (χ1) is 2.00. The molecule has 0 bridgehead atoms. The Bertz CT molecular complexity index is 16.1. The van der Waals surface area contributed by atoms with E-state index in [4.69, 9.17) is 0 Å². The molecule has 0 spiro atoms. The molecule has 4 heteroatoms. The Labute approximate surface area is 124 Å². The van der Waals surface area contributed by atoms with Gasteiger partial charge in [0.15, 0.2) is 0 Å². The van der Waals surface area contributed by atoms with E-state index in [2.05, 4.69) is 0 Å². The van der Waals surface area contributed by atoms with Gasteiger partial charge in [-0.2, -0.15) is 0 Å². The zero-order valence-corrected chi connectivity index (χ0v) is 14.9. The fraction of sp³-hybridized carbons (Fsp3) is 0.600.